The Morgan fingerprint density at radius 3 is 2.72 bits per heavy atom. The van der Waals surface area contributed by atoms with Gasteiger partial charge in [0.05, 0.1) is 10.7 Å². The molecule has 96 valence electrons. The fraction of sp³-hybridized carbons (Fsp3) is 0.417. The second kappa shape index (κ2) is 5.48. The molecule has 2 rings (SSSR count). The van der Waals surface area contributed by atoms with Gasteiger partial charge in [-0.05, 0) is 36.2 Å². The zero-order valence-corrected chi connectivity index (χ0v) is 12.3. The van der Waals surface area contributed by atoms with Crippen LogP contribution in [0.3, 0.4) is 0 Å². The predicted molar refractivity (Wildman–Crippen MR) is 75.1 cm³/mol. The largest absolute Gasteiger partial charge is 0.370 e. The molecule has 0 bridgehead atoms. The Morgan fingerprint density at radius 1 is 1.33 bits per heavy atom. The molecule has 0 saturated carbocycles. The number of halogens is 1. The van der Waals surface area contributed by atoms with Gasteiger partial charge in [-0.1, -0.05) is 6.92 Å². The van der Waals surface area contributed by atoms with Gasteiger partial charge in [0, 0.05) is 18.3 Å². The van der Waals surface area contributed by atoms with E-state index in [-0.39, 0.29) is 0 Å². The summed E-state index contributed by atoms with van der Waals surface area (Å²) in [5, 5.41) is 7.58. The van der Waals surface area contributed by atoms with Crippen molar-refractivity contribution in [3.63, 3.8) is 0 Å². The second-order valence-electron chi connectivity index (χ2n) is 4.10. The second-order valence-corrected chi connectivity index (χ2v) is 5.01. The van der Waals surface area contributed by atoms with Gasteiger partial charge < -0.3 is 5.32 Å². The fourth-order valence-corrected chi connectivity index (χ4v) is 1.95. The van der Waals surface area contributed by atoms with Crippen molar-refractivity contribution in [3.05, 3.63) is 28.3 Å². The number of hydrogen-bond acceptors (Lipinski definition) is 4. The van der Waals surface area contributed by atoms with Crippen molar-refractivity contribution >= 4 is 21.7 Å². The van der Waals surface area contributed by atoms with Crippen LogP contribution in [0.2, 0.25) is 0 Å². The lowest BCUT2D eigenvalue weighted by Crippen LogP contribution is -2.10. The summed E-state index contributed by atoms with van der Waals surface area (Å²) in [6, 6.07) is 0. The maximum Gasteiger partial charge on any atom is 0.162 e. The Kier molecular flexibility index (Phi) is 3.96. The van der Waals surface area contributed by atoms with Crippen LogP contribution in [0, 0.1) is 13.8 Å². The Hall–Kier alpha value is -1.43. The van der Waals surface area contributed by atoms with E-state index >= 15 is 0 Å². The first kappa shape index (κ1) is 13.0. The molecule has 0 fully saturated rings. The lowest BCUT2D eigenvalue weighted by Gasteiger charge is -2.12. The number of aromatic nitrogens is 4. The minimum Gasteiger partial charge on any atom is -0.370 e. The first-order valence-corrected chi connectivity index (χ1v) is 6.70. The number of hydrogen-bond donors (Lipinski definition) is 1. The van der Waals surface area contributed by atoms with Crippen molar-refractivity contribution in [2.24, 2.45) is 0 Å². The highest BCUT2D eigenvalue weighted by Crippen LogP contribution is 2.20. The lowest BCUT2D eigenvalue weighted by molar-refractivity contribution is 0.816. The monoisotopic (exact) mass is 309 g/mol. The zero-order chi connectivity index (χ0) is 13.1. The van der Waals surface area contributed by atoms with Crippen LogP contribution in [0.15, 0.2) is 16.9 Å². The third-order valence-corrected chi connectivity index (χ3v) is 2.95. The van der Waals surface area contributed by atoms with Crippen LogP contribution in [0.4, 0.5) is 5.82 Å². The van der Waals surface area contributed by atoms with E-state index in [4.69, 9.17) is 0 Å². The van der Waals surface area contributed by atoms with E-state index in [1.807, 2.05) is 20.0 Å². The molecule has 0 amide bonds. The van der Waals surface area contributed by atoms with Gasteiger partial charge in [0.25, 0.3) is 0 Å². The number of anilines is 1. The van der Waals surface area contributed by atoms with Crippen LogP contribution in [0.5, 0.6) is 0 Å². The van der Waals surface area contributed by atoms with Gasteiger partial charge in [-0.15, -0.1) is 0 Å². The van der Waals surface area contributed by atoms with Crippen LogP contribution >= 0.6 is 15.9 Å². The van der Waals surface area contributed by atoms with Gasteiger partial charge in [0.15, 0.2) is 5.82 Å². The van der Waals surface area contributed by atoms with Crippen molar-refractivity contribution in [1.29, 1.82) is 0 Å². The van der Waals surface area contributed by atoms with Crippen LogP contribution in [-0.2, 0) is 0 Å². The minimum atomic E-state index is 0.737. The molecule has 0 unspecified atom stereocenters. The van der Waals surface area contributed by atoms with Crippen LogP contribution in [0.1, 0.15) is 24.7 Å². The van der Waals surface area contributed by atoms with Crippen LogP contribution in [0.25, 0.3) is 5.82 Å². The Morgan fingerprint density at radius 2 is 2.11 bits per heavy atom. The van der Waals surface area contributed by atoms with Crippen molar-refractivity contribution in [1.82, 2.24) is 19.7 Å². The Labute approximate surface area is 115 Å². The molecule has 0 aliphatic rings. The highest BCUT2D eigenvalue weighted by molar-refractivity contribution is 9.10. The average molecular weight is 310 g/mol. The van der Waals surface area contributed by atoms with Crippen molar-refractivity contribution in [3.8, 4) is 5.82 Å². The van der Waals surface area contributed by atoms with Crippen LogP contribution in [-0.4, -0.2) is 26.3 Å². The summed E-state index contributed by atoms with van der Waals surface area (Å²) in [5.41, 5.74) is 1.00. The Balaban J connectivity index is 2.44. The molecular weight excluding hydrogens is 294 g/mol. The van der Waals surface area contributed by atoms with E-state index in [9.17, 15) is 0 Å². The molecule has 2 heterocycles. The molecule has 0 saturated heterocycles. The third kappa shape index (κ3) is 2.69. The van der Waals surface area contributed by atoms with E-state index in [2.05, 4.69) is 43.2 Å². The SMILES string of the molecule is CCCNc1nc(C)nc(-n2cc(Br)cn2)c1C. The highest BCUT2D eigenvalue weighted by Gasteiger charge is 2.11. The summed E-state index contributed by atoms with van der Waals surface area (Å²) in [5.74, 6) is 2.43. The number of nitrogens with zero attached hydrogens (tertiary/aromatic N) is 4. The molecule has 0 radical (unpaired) electrons. The molecule has 0 aromatic carbocycles. The quantitative estimate of drug-likeness (QED) is 0.943. The van der Waals surface area contributed by atoms with Crippen molar-refractivity contribution in [2.75, 3.05) is 11.9 Å². The molecule has 2 aromatic heterocycles. The topological polar surface area (TPSA) is 55.6 Å². The van der Waals surface area contributed by atoms with Gasteiger partial charge in [-0.25, -0.2) is 14.6 Å². The fourth-order valence-electron chi connectivity index (χ4n) is 1.67. The van der Waals surface area contributed by atoms with Crippen LogP contribution < -0.4 is 5.32 Å². The first-order valence-electron chi connectivity index (χ1n) is 5.91. The smallest absolute Gasteiger partial charge is 0.162 e. The summed E-state index contributed by atoms with van der Waals surface area (Å²) in [4.78, 5) is 8.88. The molecule has 1 N–H and O–H groups in total. The average Bonchev–Trinajstić information content (AvgIpc) is 2.76. The van der Waals surface area contributed by atoms with Gasteiger partial charge in [0.1, 0.15) is 11.6 Å². The summed E-state index contributed by atoms with van der Waals surface area (Å²) in [6.45, 7) is 6.92. The standard InChI is InChI=1S/C12H16BrN5/c1-4-5-14-11-8(2)12(17-9(3)16-11)18-7-10(13)6-15-18/h6-7H,4-5H2,1-3H3,(H,14,16,17). The molecule has 0 aliphatic carbocycles. The molecule has 18 heavy (non-hydrogen) atoms. The van der Waals surface area contributed by atoms with Gasteiger partial charge in [0.2, 0.25) is 0 Å². The summed E-state index contributed by atoms with van der Waals surface area (Å²) in [7, 11) is 0. The third-order valence-electron chi connectivity index (χ3n) is 2.54. The summed E-state index contributed by atoms with van der Waals surface area (Å²) < 4.78 is 2.69. The van der Waals surface area contributed by atoms with Crippen molar-refractivity contribution < 1.29 is 0 Å². The zero-order valence-electron chi connectivity index (χ0n) is 10.7. The summed E-state index contributed by atoms with van der Waals surface area (Å²) in [6.07, 6.45) is 4.69. The van der Waals surface area contributed by atoms with Crippen molar-refractivity contribution in [2.45, 2.75) is 27.2 Å². The van der Waals surface area contributed by atoms with E-state index < -0.39 is 0 Å². The van der Waals surface area contributed by atoms with Gasteiger partial charge in [-0.2, -0.15) is 5.10 Å². The Bertz CT molecular complexity index is 549. The van der Waals surface area contributed by atoms with E-state index in [0.29, 0.717) is 0 Å². The summed E-state index contributed by atoms with van der Waals surface area (Å²) >= 11 is 3.39. The maximum absolute atomic E-state index is 4.45. The normalized spacial score (nSPS) is 10.7. The molecule has 0 atom stereocenters. The van der Waals surface area contributed by atoms with Gasteiger partial charge >= 0.3 is 0 Å². The maximum atomic E-state index is 4.45. The first-order chi connectivity index (χ1) is 8.61. The number of rotatable bonds is 4. The highest BCUT2D eigenvalue weighted by atomic mass is 79.9. The lowest BCUT2D eigenvalue weighted by atomic mass is 10.3. The van der Waals surface area contributed by atoms with E-state index in [1.54, 1.807) is 10.9 Å². The molecule has 2 aromatic rings. The molecular formula is C12H16BrN5. The molecule has 0 spiro atoms. The molecule has 5 nitrogen and oxygen atoms in total. The van der Waals surface area contributed by atoms with E-state index in [0.717, 1.165) is 40.5 Å². The van der Waals surface area contributed by atoms with Gasteiger partial charge in [-0.3, -0.25) is 0 Å². The number of nitrogens with one attached hydrogen (secondary N) is 1. The van der Waals surface area contributed by atoms with E-state index in [1.165, 1.54) is 0 Å². The minimum absolute atomic E-state index is 0.737. The molecule has 6 heteroatoms. The number of aryl methyl sites for hydroxylation is 1. The molecule has 0 aliphatic heterocycles. The predicted octanol–water partition coefficient (Wildman–Crippen LogP) is 2.86.